The molecule has 0 radical (unpaired) electrons. The number of benzene rings is 1. The maximum Gasteiger partial charge on any atom is 0.338 e. The monoisotopic (exact) mass is 298 g/mol. The van der Waals surface area contributed by atoms with Crippen molar-refractivity contribution in [2.24, 2.45) is 0 Å². The third kappa shape index (κ3) is 3.82. The highest BCUT2D eigenvalue weighted by Crippen LogP contribution is 2.11. The van der Waals surface area contributed by atoms with Crippen LogP contribution in [0.5, 0.6) is 0 Å². The second-order valence-corrected chi connectivity index (χ2v) is 4.51. The number of carbonyl (C=O) groups is 2. The lowest BCUT2D eigenvalue weighted by molar-refractivity contribution is -0.119. The first kappa shape index (κ1) is 14.1. The van der Waals surface area contributed by atoms with Crippen molar-refractivity contribution in [3.05, 3.63) is 47.0 Å². The Morgan fingerprint density at radius 1 is 1.25 bits per heavy atom. The average molecular weight is 298 g/mol. The van der Waals surface area contributed by atoms with Crippen molar-refractivity contribution in [1.29, 1.82) is 0 Å². The number of nitrogens with one attached hydrogen (secondary N) is 1. The Hall–Kier alpha value is -2.35. The fourth-order valence-corrected chi connectivity index (χ4v) is 1.87. The zero-order chi connectivity index (χ0) is 14.5. The van der Waals surface area contributed by atoms with Gasteiger partial charge in [0.25, 0.3) is 5.91 Å². The predicted molar refractivity (Wildman–Crippen MR) is 67.4 cm³/mol. The number of esters is 1. The summed E-state index contributed by atoms with van der Waals surface area (Å²) in [5.41, 5.74) is -0.301. The van der Waals surface area contributed by atoms with Crippen LogP contribution < -0.4 is 5.32 Å². The molecule has 0 saturated heterocycles. The molecule has 0 spiro atoms. The number of amides is 1. The molecule has 5 nitrogen and oxygen atoms in total. The van der Waals surface area contributed by atoms with Gasteiger partial charge in [-0.2, -0.15) is 0 Å². The molecule has 0 bridgehead atoms. The van der Waals surface area contributed by atoms with E-state index in [1.54, 1.807) is 5.38 Å². The standard InChI is InChI=1S/C12H8F2N2O3S/c13-8-3-7(4-9(14)5-8)11(18)19-6-10(17)16-12-15-1-2-20-12/h1-5H,6H2,(H,15,16,17). The quantitative estimate of drug-likeness (QED) is 0.879. The molecule has 2 aromatic rings. The molecule has 0 aliphatic rings. The molecule has 1 amide bonds. The van der Waals surface area contributed by atoms with Crippen molar-refractivity contribution < 1.29 is 23.1 Å². The lowest BCUT2D eigenvalue weighted by atomic mass is 10.2. The summed E-state index contributed by atoms with van der Waals surface area (Å²) in [5.74, 6) is -3.38. The van der Waals surface area contributed by atoms with Crippen LogP contribution in [-0.2, 0) is 9.53 Å². The highest BCUT2D eigenvalue weighted by atomic mass is 32.1. The smallest absolute Gasteiger partial charge is 0.338 e. The number of anilines is 1. The molecule has 104 valence electrons. The van der Waals surface area contributed by atoms with E-state index in [2.05, 4.69) is 15.0 Å². The normalized spacial score (nSPS) is 10.1. The SMILES string of the molecule is O=C(COC(=O)c1cc(F)cc(F)c1)Nc1nccs1. The van der Waals surface area contributed by atoms with E-state index in [1.165, 1.54) is 17.5 Å². The van der Waals surface area contributed by atoms with Crippen molar-refractivity contribution in [3.63, 3.8) is 0 Å². The van der Waals surface area contributed by atoms with E-state index in [9.17, 15) is 18.4 Å². The molecule has 0 aliphatic carbocycles. The van der Waals surface area contributed by atoms with Crippen molar-refractivity contribution in [3.8, 4) is 0 Å². The predicted octanol–water partition coefficient (Wildman–Crippen LogP) is 2.22. The molecule has 1 N–H and O–H groups in total. The Labute approximate surface area is 116 Å². The Balaban J connectivity index is 1.90. The van der Waals surface area contributed by atoms with Crippen LogP contribution in [0.4, 0.5) is 13.9 Å². The molecule has 1 heterocycles. The zero-order valence-corrected chi connectivity index (χ0v) is 10.7. The topological polar surface area (TPSA) is 68.3 Å². The van der Waals surface area contributed by atoms with Gasteiger partial charge in [0.2, 0.25) is 0 Å². The summed E-state index contributed by atoms with van der Waals surface area (Å²) < 4.78 is 30.5. The molecule has 2 rings (SSSR count). The first-order chi connectivity index (χ1) is 9.54. The number of ether oxygens (including phenoxy) is 1. The van der Waals surface area contributed by atoms with E-state index in [4.69, 9.17) is 0 Å². The molecule has 8 heteroatoms. The molecule has 1 aromatic heterocycles. The molecular weight excluding hydrogens is 290 g/mol. The zero-order valence-electron chi connectivity index (χ0n) is 9.93. The van der Waals surface area contributed by atoms with Crippen LogP contribution in [0.3, 0.4) is 0 Å². The van der Waals surface area contributed by atoms with Gasteiger partial charge in [-0.15, -0.1) is 11.3 Å². The molecule has 0 saturated carbocycles. The maximum absolute atomic E-state index is 12.9. The van der Waals surface area contributed by atoms with E-state index in [0.29, 0.717) is 11.2 Å². The third-order valence-corrected chi connectivity index (χ3v) is 2.80. The molecule has 0 fully saturated rings. The number of carbonyl (C=O) groups excluding carboxylic acids is 2. The summed E-state index contributed by atoms with van der Waals surface area (Å²) in [6, 6.07) is 2.28. The summed E-state index contributed by atoms with van der Waals surface area (Å²) in [6.07, 6.45) is 1.50. The summed E-state index contributed by atoms with van der Waals surface area (Å²) in [7, 11) is 0. The first-order valence-electron chi connectivity index (χ1n) is 5.37. The van der Waals surface area contributed by atoms with Gasteiger partial charge in [0, 0.05) is 17.6 Å². The minimum absolute atomic E-state index is 0.301. The van der Waals surface area contributed by atoms with E-state index in [1.807, 2.05) is 0 Å². The summed E-state index contributed by atoms with van der Waals surface area (Å²) in [4.78, 5) is 26.7. The number of aromatic nitrogens is 1. The lowest BCUT2D eigenvalue weighted by Gasteiger charge is -2.05. The number of hydrogen-bond acceptors (Lipinski definition) is 5. The van der Waals surface area contributed by atoms with Crippen LogP contribution in [0.15, 0.2) is 29.8 Å². The molecule has 20 heavy (non-hydrogen) atoms. The number of rotatable bonds is 4. The third-order valence-electron chi connectivity index (χ3n) is 2.11. The second-order valence-electron chi connectivity index (χ2n) is 3.62. The molecule has 0 atom stereocenters. The fraction of sp³-hybridized carbons (Fsp3) is 0.0833. The van der Waals surface area contributed by atoms with Crippen LogP contribution >= 0.6 is 11.3 Å². The number of halogens is 2. The Bertz CT molecular complexity index is 611. The highest BCUT2D eigenvalue weighted by Gasteiger charge is 2.13. The summed E-state index contributed by atoms with van der Waals surface area (Å²) in [6.45, 7) is -0.573. The van der Waals surface area contributed by atoms with Crippen LogP contribution in [0.2, 0.25) is 0 Å². The van der Waals surface area contributed by atoms with Gasteiger partial charge in [-0.1, -0.05) is 0 Å². The molecular formula is C12H8F2N2O3S. The summed E-state index contributed by atoms with van der Waals surface area (Å²) >= 11 is 1.20. The van der Waals surface area contributed by atoms with Gasteiger partial charge in [-0.25, -0.2) is 18.6 Å². The number of thiazole rings is 1. The van der Waals surface area contributed by atoms with Crippen LogP contribution in [0, 0.1) is 11.6 Å². The Morgan fingerprint density at radius 3 is 2.55 bits per heavy atom. The van der Waals surface area contributed by atoms with Gasteiger partial charge in [0.1, 0.15) is 11.6 Å². The Kier molecular flexibility index (Phi) is 4.36. The van der Waals surface area contributed by atoms with E-state index >= 15 is 0 Å². The van der Waals surface area contributed by atoms with Crippen molar-refractivity contribution in [2.75, 3.05) is 11.9 Å². The van der Waals surface area contributed by atoms with Crippen molar-refractivity contribution in [2.45, 2.75) is 0 Å². The van der Waals surface area contributed by atoms with Crippen LogP contribution in [-0.4, -0.2) is 23.5 Å². The molecule has 1 aromatic carbocycles. The minimum Gasteiger partial charge on any atom is -0.452 e. The van der Waals surface area contributed by atoms with Crippen molar-refractivity contribution >= 4 is 28.3 Å². The van der Waals surface area contributed by atoms with Gasteiger partial charge in [0.15, 0.2) is 11.7 Å². The van der Waals surface area contributed by atoms with E-state index in [0.717, 1.165) is 12.1 Å². The van der Waals surface area contributed by atoms with Gasteiger partial charge in [-0.3, -0.25) is 10.1 Å². The van der Waals surface area contributed by atoms with Gasteiger partial charge >= 0.3 is 5.97 Å². The van der Waals surface area contributed by atoms with Gasteiger partial charge in [-0.05, 0) is 12.1 Å². The summed E-state index contributed by atoms with van der Waals surface area (Å²) in [5, 5.41) is 4.42. The average Bonchev–Trinajstić information content (AvgIpc) is 2.87. The molecule has 0 aliphatic heterocycles. The molecule has 0 unspecified atom stereocenters. The number of hydrogen-bond donors (Lipinski definition) is 1. The maximum atomic E-state index is 12.9. The van der Waals surface area contributed by atoms with E-state index in [-0.39, 0.29) is 5.56 Å². The van der Waals surface area contributed by atoms with E-state index < -0.39 is 30.1 Å². The second kappa shape index (κ2) is 6.20. The number of nitrogens with zero attached hydrogens (tertiary/aromatic N) is 1. The van der Waals surface area contributed by atoms with Crippen molar-refractivity contribution in [1.82, 2.24) is 4.98 Å². The van der Waals surface area contributed by atoms with Gasteiger partial charge < -0.3 is 4.74 Å². The largest absolute Gasteiger partial charge is 0.452 e. The Morgan fingerprint density at radius 2 is 1.95 bits per heavy atom. The van der Waals surface area contributed by atoms with Crippen LogP contribution in [0.25, 0.3) is 0 Å². The fourth-order valence-electron chi connectivity index (χ4n) is 1.33. The lowest BCUT2D eigenvalue weighted by Crippen LogP contribution is -2.20. The van der Waals surface area contributed by atoms with Gasteiger partial charge in [0.05, 0.1) is 5.56 Å². The highest BCUT2D eigenvalue weighted by molar-refractivity contribution is 7.13. The minimum atomic E-state index is -0.988. The first-order valence-corrected chi connectivity index (χ1v) is 6.25. The van der Waals surface area contributed by atoms with Crippen LogP contribution in [0.1, 0.15) is 10.4 Å².